The third kappa shape index (κ3) is 10.9. The highest BCUT2D eigenvalue weighted by atomic mass is 35.5. The van der Waals surface area contributed by atoms with Gasteiger partial charge < -0.3 is 25.0 Å². The van der Waals surface area contributed by atoms with E-state index >= 15 is 0 Å². The number of likely N-dealkylation sites (tertiary alicyclic amines) is 1. The van der Waals surface area contributed by atoms with E-state index in [9.17, 15) is 4.79 Å². The molecule has 1 aliphatic rings. The number of nitrogens with one attached hydrogen (secondary N) is 2. The molecule has 2 heterocycles. The normalized spacial score (nSPS) is 13.4. The first kappa shape index (κ1) is 37.5. The third-order valence-corrected chi connectivity index (χ3v) is 9.84. The highest BCUT2D eigenvalue weighted by Crippen LogP contribution is 2.34. The molecule has 0 bridgehead atoms. The lowest BCUT2D eigenvalue weighted by Gasteiger charge is -2.32. The molecule has 53 heavy (non-hydrogen) atoms. The summed E-state index contributed by atoms with van der Waals surface area (Å²) in [6.07, 6.45) is 7.83. The molecule has 0 aliphatic carbocycles. The van der Waals surface area contributed by atoms with Crippen molar-refractivity contribution in [1.29, 1.82) is 0 Å². The Morgan fingerprint density at radius 2 is 1.60 bits per heavy atom. The Balaban J connectivity index is 0.922. The van der Waals surface area contributed by atoms with Gasteiger partial charge in [0, 0.05) is 49.2 Å². The molecule has 0 spiro atoms. The highest BCUT2D eigenvalue weighted by Gasteiger charge is 2.21. The smallest absolute Gasteiger partial charge is 0.246 e. The first-order valence-electron chi connectivity index (χ1n) is 18.5. The second kappa shape index (κ2) is 18.0. The average molecular weight is 729 g/mol. The summed E-state index contributed by atoms with van der Waals surface area (Å²) < 4.78 is 11.9. The minimum Gasteiger partial charge on any atom is -0.487 e. The van der Waals surface area contributed by atoms with Crippen molar-refractivity contribution in [3.05, 3.63) is 148 Å². The zero-order valence-corrected chi connectivity index (χ0v) is 31.8. The Morgan fingerprint density at radius 1 is 0.906 bits per heavy atom. The summed E-state index contributed by atoms with van der Waals surface area (Å²) in [6, 6.07) is 33.3. The Hall–Kier alpha value is -5.27. The van der Waals surface area contributed by atoms with Gasteiger partial charge in [0.25, 0.3) is 0 Å². The summed E-state index contributed by atoms with van der Waals surface area (Å²) in [6.45, 7) is 11.2. The topological polar surface area (TPSA) is 75.7 Å². The van der Waals surface area contributed by atoms with Crippen LogP contribution in [0.5, 0.6) is 17.4 Å². The summed E-state index contributed by atoms with van der Waals surface area (Å²) in [5.41, 5.74) is 8.91. The molecule has 5 aromatic rings. The Morgan fingerprint density at radius 3 is 2.26 bits per heavy atom. The number of halogens is 1. The minimum absolute atomic E-state index is 0.000247. The van der Waals surface area contributed by atoms with Gasteiger partial charge in [-0.1, -0.05) is 79.5 Å². The van der Waals surface area contributed by atoms with Crippen molar-refractivity contribution < 1.29 is 14.3 Å². The lowest BCUT2D eigenvalue weighted by molar-refractivity contribution is -0.126. The highest BCUT2D eigenvalue weighted by molar-refractivity contribution is 6.32. The van der Waals surface area contributed by atoms with Crippen LogP contribution in [0.25, 0.3) is 6.08 Å². The van der Waals surface area contributed by atoms with Crippen LogP contribution in [-0.4, -0.2) is 41.5 Å². The molecular weight excluding hydrogens is 680 g/mol. The molecule has 0 atom stereocenters. The summed E-state index contributed by atoms with van der Waals surface area (Å²) in [7, 11) is 0. The van der Waals surface area contributed by atoms with Gasteiger partial charge >= 0.3 is 0 Å². The van der Waals surface area contributed by atoms with Crippen molar-refractivity contribution in [2.45, 2.75) is 65.5 Å². The number of hydrogen-bond acceptors (Lipinski definition) is 6. The predicted octanol–water partition coefficient (Wildman–Crippen LogP) is 10.6. The number of rotatable bonds is 14. The SMILES string of the molecule is Cc1ccc(COc2ccc(Oc3c(C)cc(C=CC(=O)N4CCC(Nc5ccc(CCNc6ccc(C(C)C)cc6)cc5)CC4)cc3Cl)nc2)cc1. The van der Waals surface area contributed by atoms with Crippen LogP contribution in [0.1, 0.15) is 66.0 Å². The van der Waals surface area contributed by atoms with Crippen molar-refractivity contribution in [3.8, 4) is 17.4 Å². The number of ether oxygens (including phenoxy) is 2. The van der Waals surface area contributed by atoms with E-state index in [0.29, 0.717) is 54.1 Å². The molecule has 0 unspecified atom stereocenters. The molecule has 0 radical (unpaired) electrons. The largest absolute Gasteiger partial charge is 0.487 e. The van der Waals surface area contributed by atoms with Gasteiger partial charge in [0.2, 0.25) is 11.8 Å². The Bertz CT molecular complexity index is 1940. The van der Waals surface area contributed by atoms with Gasteiger partial charge in [-0.3, -0.25) is 4.79 Å². The molecule has 7 nitrogen and oxygen atoms in total. The van der Waals surface area contributed by atoms with E-state index in [1.165, 1.54) is 16.7 Å². The molecule has 1 amide bonds. The summed E-state index contributed by atoms with van der Waals surface area (Å²) in [5, 5.41) is 7.64. The fourth-order valence-corrected chi connectivity index (χ4v) is 6.62. The number of hydrogen-bond donors (Lipinski definition) is 2. The standard InChI is InChI=1S/C45H49ClN4O3/c1-31(2)37-12-16-38(17-13-37)47-24-21-34-9-14-39(15-10-34)49-40-22-25-50(26-23-40)44(51)20-11-36-27-33(4)45(42(46)28-36)53-43-19-18-41(29-48-43)52-30-35-7-5-32(3)6-8-35/h5-20,27-29,31,40,47,49H,21-26,30H2,1-4H3. The maximum atomic E-state index is 13.1. The minimum atomic E-state index is 0.000247. The first-order valence-corrected chi connectivity index (χ1v) is 18.8. The fourth-order valence-electron chi connectivity index (χ4n) is 6.31. The fraction of sp³-hybridized carbons (Fsp3) is 0.289. The van der Waals surface area contributed by atoms with Crippen LogP contribution in [0.3, 0.4) is 0 Å². The zero-order valence-electron chi connectivity index (χ0n) is 31.1. The molecule has 2 N–H and O–H groups in total. The van der Waals surface area contributed by atoms with E-state index < -0.39 is 0 Å². The second-order valence-corrected chi connectivity index (χ2v) is 14.5. The summed E-state index contributed by atoms with van der Waals surface area (Å²) >= 11 is 6.64. The molecule has 0 saturated carbocycles. The van der Waals surface area contributed by atoms with Crippen molar-refractivity contribution in [1.82, 2.24) is 9.88 Å². The van der Waals surface area contributed by atoms with Crippen molar-refractivity contribution in [2.24, 2.45) is 0 Å². The van der Waals surface area contributed by atoms with E-state index in [1.807, 2.05) is 30.0 Å². The molecule has 1 fully saturated rings. The number of piperidine rings is 1. The van der Waals surface area contributed by atoms with E-state index in [4.69, 9.17) is 21.1 Å². The van der Waals surface area contributed by atoms with E-state index in [1.54, 1.807) is 24.4 Å². The van der Waals surface area contributed by atoms with Gasteiger partial charge in [-0.2, -0.15) is 0 Å². The van der Waals surface area contributed by atoms with Gasteiger partial charge in [-0.05, 0) is 115 Å². The monoisotopic (exact) mass is 728 g/mol. The number of anilines is 2. The molecular formula is C45H49ClN4O3. The number of carbonyl (C=O) groups is 1. The molecule has 6 rings (SSSR count). The lowest BCUT2D eigenvalue weighted by atomic mass is 10.0. The predicted molar refractivity (Wildman–Crippen MR) is 217 cm³/mol. The zero-order chi connectivity index (χ0) is 37.2. The van der Waals surface area contributed by atoms with Crippen LogP contribution in [0, 0.1) is 13.8 Å². The molecule has 274 valence electrons. The van der Waals surface area contributed by atoms with Crippen LogP contribution in [0.2, 0.25) is 5.02 Å². The first-order chi connectivity index (χ1) is 25.7. The quantitative estimate of drug-likeness (QED) is 0.111. The van der Waals surface area contributed by atoms with Gasteiger partial charge in [0.15, 0.2) is 5.75 Å². The Kier molecular flexibility index (Phi) is 12.7. The van der Waals surface area contributed by atoms with Crippen molar-refractivity contribution in [3.63, 3.8) is 0 Å². The molecule has 4 aromatic carbocycles. The van der Waals surface area contributed by atoms with Gasteiger partial charge in [0.1, 0.15) is 12.4 Å². The average Bonchev–Trinajstić information content (AvgIpc) is 3.17. The number of carbonyl (C=O) groups excluding carboxylic acids is 1. The number of aryl methyl sites for hydroxylation is 2. The van der Waals surface area contributed by atoms with Gasteiger partial charge in [-0.15, -0.1) is 0 Å². The lowest BCUT2D eigenvalue weighted by Crippen LogP contribution is -2.41. The summed E-state index contributed by atoms with van der Waals surface area (Å²) in [5.74, 6) is 2.14. The van der Waals surface area contributed by atoms with Crippen LogP contribution in [0.4, 0.5) is 11.4 Å². The van der Waals surface area contributed by atoms with E-state index in [2.05, 4.69) is 109 Å². The third-order valence-electron chi connectivity index (χ3n) is 9.56. The van der Waals surface area contributed by atoms with Crippen LogP contribution < -0.4 is 20.1 Å². The molecule has 1 aromatic heterocycles. The molecule has 8 heteroatoms. The van der Waals surface area contributed by atoms with Crippen molar-refractivity contribution >= 4 is 35.0 Å². The number of amides is 1. The summed E-state index contributed by atoms with van der Waals surface area (Å²) in [4.78, 5) is 19.4. The maximum absolute atomic E-state index is 13.1. The number of pyridine rings is 1. The van der Waals surface area contributed by atoms with E-state index in [0.717, 1.165) is 53.9 Å². The van der Waals surface area contributed by atoms with Crippen LogP contribution in [-0.2, 0) is 17.8 Å². The Labute approximate surface area is 319 Å². The van der Waals surface area contributed by atoms with Crippen molar-refractivity contribution in [2.75, 3.05) is 30.3 Å². The number of nitrogens with zero attached hydrogens (tertiary/aromatic N) is 2. The van der Waals surface area contributed by atoms with E-state index in [-0.39, 0.29) is 5.91 Å². The molecule has 1 saturated heterocycles. The van der Waals surface area contributed by atoms with Crippen LogP contribution in [0.15, 0.2) is 109 Å². The number of benzene rings is 4. The maximum Gasteiger partial charge on any atom is 0.246 e. The van der Waals surface area contributed by atoms with Gasteiger partial charge in [0.05, 0.1) is 11.2 Å². The number of aromatic nitrogens is 1. The molecule has 1 aliphatic heterocycles. The van der Waals surface area contributed by atoms with Crippen LogP contribution >= 0.6 is 11.6 Å². The second-order valence-electron chi connectivity index (χ2n) is 14.1. The van der Waals surface area contributed by atoms with Gasteiger partial charge in [-0.25, -0.2) is 4.98 Å².